The summed E-state index contributed by atoms with van der Waals surface area (Å²) in [6, 6.07) is 0. The first-order chi connectivity index (χ1) is 38.5. The zero-order chi connectivity index (χ0) is 56.4. The van der Waals surface area contributed by atoms with Crippen LogP contribution in [0.5, 0.6) is 0 Å². The highest BCUT2D eigenvalue weighted by molar-refractivity contribution is 5.71. The molecule has 0 heterocycles. The summed E-state index contributed by atoms with van der Waals surface area (Å²) in [5.74, 6) is -0.877. The molecule has 0 aliphatic heterocycles. The average molecular weight is 1090 g/mol. The molecule has 0 saturated carbocycles. The lowest BCUT2D eigenvalue weighted by atomic mass is 10.0. The molecular formula is C72H124O6. The first kappa shape index (κ1) is 74.3. The van der Waals surface area contributed by atoms with E-state index in [0.29, 0.717) is 19.3 Å². The number of carbonyl (C=O) groups is 3. The summed E-state index contributed by atoms with van der Waals surface area (Å²) in [5.41, 5.74) is 0. The van der Waals surface area contributed by atoms with Gasteiger partial charge in [-0.1, -0.05) is 298 Å². The molecule has 1 unspecified atom stereocenters. The lowest BCUT2D eigenvalue weighted by molar-refractivity contribution is -0.167. The molecule has 6 nitrogen and oxygen atoms in total. The van der Waals surface area contributed by atoms with Gasteiger partial charge in [0, 0.05) is 19.3 Å². The zero-order valence-electron chi connectivity index (χ0n) is 51.4. The molecule has 0 spiro atoms. The highest BCUT2D eigenvalue weighted by Gasteiger charge is 2.19. The number of rotatable bonds is 60. The van der Waals surface area contributed by atoms with Gasteiger partial charge in [-0.2, -0.15) is 0 Å². The Hall–Kier alpha value is -3.67. The summed E-state index contributed by atoms with van der Waals surface area (Å²) in [6.45, 7) is 6.54. The van der Waals surface area contributed by atoms with E-state index in [1.807, 2.05) is 0 Å². The van der Waals surface area contributed by atoms with E-state index in [1.54, 1.807) is 0 Å². The molecule has 0 aromatic heterocycles. The van der Waals surface area contributed by atoms with Gasteiger partial charge in [0.05, 0.1) is 0 Å². The highest BCUT2D eigenvalue weighted by Crippen LogP contribution is 2.16. The Morgan fingerprint density at radius 2 is 0.500 bits per heavy atom. The number of allylic oxidation sites excluding steroid dienone is 16. The normalized spacial score (nSPS) is 12.7. The third kappa shape index (κ3) is 63.2. The molecule has 0 N–H and O–H groups in total. The van der Waals surface area contributed by atoms with Crippen LogP contribution in [0.4, 0.5) is 0 Å². The maximum absolute atomic E-state index is 12.9. The molecule has 6 heteroatoms. The second kappa shape index (κ2) is 65.8. The number of hydrogen-bond donors (Lipinski definition) is 0. The van der Waals surface area contributed by atoms with Gasteiger partial charge in [-0.25, -0.2) is 0 Å². The first-order valence-electron chi connectivity index (χ1n) is 33.2. The van der Waals surface area contributed by atoms with E-state index in [4.69, 9.17) is 14.2 Å². The Morgan fingerprint density at radius 1 is 0.269 bits per heavy atom. The fraction of sp³-hybridized carbons (Fsp3) is 0.736. The van der Waals surface area contributed by atoms with Crippen molar-refractivity contribution in [3.05, 3.63) is 97.2 Å². The van der Waals surface area contributed by atoms with Gasteiger partial charge in [-0.05, 0) is 103 Å². The van der Waals surface area contributed by atoms with Crippen LogP contribution < -0.4 is 0 Å². The lowest BCUT2D eigenvalue weighted by Crippen LogP contribution is -2.30. The summed E-state index contributed by atoms with van der Waals surface area (Å²) in [7, 11) is 0. The third-order valence-corrected chi connectivity index (χ3v) is 14.3. The van der Waals surface area contributed by atoms with Gasteiger partial charge in [-0.3, -0.25) is 14.4 Å². The van der Waals surface area contributed by atoms with Gasteiger partial charge in [0.1, 0.15) is 13.2 Å². The van der Waals surface area contributed by atoms with Crippen molar-refractivity contribution in [2.45, 2.75) is 329 Å². The van der Waals surface area contributed by atoms with Crippen molar-refractivity contribution >= 4 is 17.9 Å². The summed E-state index contributed by atoms with van der Waals surface area (Å²) in [5, 5.41) is 0. The highest BCUT2D eigenvalue weighted by atomic mass is 16.6. The topological polar surface area (TPSA) is 78.9 Å². The minimum Gasteiger partial charge on any atom is -0.462 e. The van der Waals surface area contributed by atoms with E-state index in [1.165, 1.54) is 167 Å². The lowest BCUT2D eigenvalue weighted by Gasteiger charge is -2.18. The van der Waals surface area contributed by atoms with Crippen molar-refractivity contribution in [3.63, 3.8) is 0 Å². The van der Waals surface area contributed by atoms with Crippen molar-refractivity contribution < 1.29 is 28.6 Å². The van der Waals surface area contributed by atoms with Gasteiger partial charge >= 0.3 is 17.9 Å². The van der Waals surface area contributed by atoms with Crippen LogP contribution in [0.2, 0.25) is 0 Å². The zero-order valence-corrected chi connectivity index (χ0v) is 51.4. The minimum absolute atomic E-state index is 0.0772. The molecule has 0 aliphatic carbocycles. The van der Waals surface area contributed by atoms with Crippen molar-refractivity contribution in [2.75, 3.05) is 13.2 Å². The molecule has 0 saturated heterocycles. The van der Waals surface area contributed by atoms with Crippen LogP contribution in [0.25, 0.3) is 0 Å². The molecule has 448 valence electrons. The summed E-state index contributed by atoms with van der Waals surface area (Å²) in [4.78, 5) is 38.3. The van der Waals surface area contributed by atoms with Gasteiger partial charge in [-0.15, -0.1) is 0 Å². The van der Waals surface area contributed by atoms with Crippen LogP contribution >= 0.6 is 0 Å². The second-order valence-corrected chi connectivity index (χ2v) is 22.0. The van der Waals surface area contributed by atoms with Crippen molar-refractivity contribution in [1.82, 2.24) is 0 Å². The maximum Gasteiger partial charge on any atom is 0.306 e. The monoisotopic (exact) mass is 1080 g/mol. The van der Waals surface area contributed by atoms with E-state index in [9.17, 15) is 14.4 Å². The largest absolute Gasteiger partial charge is 0.462 e. The molecule has 1 atom stereocenters. The predicted molar refractivity (Wildman–Crippen MR) is 339 cm³/mol. The van der Waals surface area contributed by atoms with Crippen molar-refractivity contribution in [3.8, 4) is 0 Å². The van der Waals surface area contributed by atoms with Crippen molar-refractivity contribution in [2.24, 2.45) is 0 Å². The van der Waals surface area contributed by atoms with Gasteiger partial charge in [0.25, 0.3) is 0 Å². The van der Waals surface area contributed by atoms with Gasteiger partial charge in [0.15, 0.2) is 6.10 Å². The number of esters is 3. The van der Waals surface area contributed by atoms with E-state index >= 15 is 0 Å². The Balaban J connectivity index is 4.20. The summed E-state index contributed by atoms with van der Waals surface area (Å²) < 4.78 is 16.9. The average Bonchev–Trinajstić information content (AvgIpc) is 3.44. The Bertz CT molecular complexity index is 1530. The van der Waals surface area contributed by atoms with E-state index in [-0.39, 0.29) is 31.1 Å². The smallest absolute Gasteiger partial charge is 0.306 e. The van der Waals surface area contributed by atoms with Crippen LogP contribution in [0, 0.1) is 0 Å². The molecule has 78 heavy (non-hydrogen) atoms. The fourth-order valence-electron chi connectivity index (χ4n) is 9.36. The molecule has 0 aromatic carbocycles. The number of unbranched alkanes of at least 4 members (excludes halogenated alkanes) is 33. The molecule has 0 aliphatic rings. The molecule has 0 radical (unpaired) electrons. The maximum atomic E-state index is 12.9. The molecule has 0 bridgehead atoms. The standard InChI is InChI=1S/C72H124O6/c1-4-7-10-13-16-19-22-25-27-28-29-30-31-32-33-34-35-36-37-38-39-40-41-42-43-44-46-47-50-53-56-59-62-65-71(74)77-68-69(67-76-70(73)64-61-58-55-52-49-24-21-18-15-12-9-6-3)78-72(75)66-63-60-57-54-51-48-45-26-23-20-17-14-11-8-5-2/h7,10,16,19,25-27,29-30,32-33,35-36,38-39,45,69H,4-6,8-9,11-15,17-18,20-24,28,31,34,37,40-44,46-68H2,1-3H3/b10-7-,19-16-,27-25-,30-29-,33-32-,36-35-,39-38-,45-26-. The fourth-order valence-corrected chi connectivity index (χ4v) is 9.36. The first-order valence-corrected chi connectivity index (χ1v) is 33.2. The molecule has 0 aromatic rings. The number of hydrogen-bond acceptors (Lipinski definition) is 6. The van der Waals surface area contributed by atoms with Gasteiger partial charge in [0.2, 0.25) is 0 Å². The molecule has 0 fully saturated rings. The quantitative estimate of drug-likeness (QED) is 0.0261. The Kier molecular flexibility index (Phi) is 62.7. The van der Waals surface area contributed by atoms with Gasteiger partial charge < -0.3 is 14.2 Å². The van der Waals surface area contributed by atoms with E-state index < -0.39 is 6.10 Å². The summed E-state index contributed by atoms with van der Waals surface area (Å²) in [6.07, 6.45) is 88.5. The summed E-state index contributed by atoms with van der Waals surface area (Å²) >= 11 is 0. The number of ether oxygens (including phenoxy) is 3. The molecule has 0 amide bonds. The van der Waals surface area contributed by atoms with Crippen LogP contribution in [-0.2, 0) is 28.6 Å². The van der Waals surface area contributed by atoms with Crippen LogP contribution in [0.3, 0.4) is 0 Å². The molecule has 0 rings (SSSR count). The third-order valence-electron chi connectivity index (χ3n) is 14.3. The van der Waals surface area contributed by atoms with Crippen LogP contribution in [-0.4, -0.2) is 37.2 Å². The van der Waals surface area contributed by atoms with Crippen LogP contribution in [0.15, 0.2) is 97.2 Å². The Morgan fingerprint density at radius 3 is 0.795 bits per heavy atom. The Labute approximate surface area is 483 Å². The predicted octanol–water partition coefficient (Wildman–Crippen LogP) is 22.8. The number of carbonyl (C=O) groups excluding carboxylic acids is 3. The van der Waals surface area contributed by atoms with E-state index in [2.05, 4.69) is 118 Å². The second-order valence-electron chi connectivity index (χ2n) is 22.0. The molecular weight excluding hydrogens is 961 g/mol. The van der Waals surface area contributed by atoms with E-state index in [0.717, 1.165) is 116 Å². The SMILES string of the molecule is CC/C=C\C/C=C\C/C=C\C/C=C\C/C=C\C/C=C\C/C=C\CCCCCCCCCCCCCC(=O)OCC(COC(=O)CCCCCCCCCCCCCC)OC(=O)CCCCCCC/C=C\CCCCCCCC. The minimum atomic E-state index is -0.781. The van der Waals surface area contributed by atoms with Crippen LogP contribution in [0.1, 0.15) is 323 Å². The van der Waals surface area contributed by atoms with Crippen molar-refractivity contribution in [1.29, 1.82) is 0 Å².